The SMILES string of the molecule is CCNCc1ccc(-c2c(C)c(C)cc(C)c2C)c(C)c1. The minimum Gasteiger partial charge on any atom is -0.313 e. The lowest BCUT2D eigenvalue weighted by molar-refractivity contribution is 0.726. The molecule has 112 valence electrons. The summed E-state index contributed by atoms with van der Waals surface area (Å²) in [6.07, 6.45) is 0. The fraction of sp³-hybridized carbons (Fsp3) is 0.400. The molecule has 0 atom stereocenters. The van der Waals surface area contributed by atoms with Gasteiger partial charge in [0.15, 0.2) is 0 Å². The largest absolute Gasteiger partial charge is 0.313 e. The van der Waals surface area contributed by atoms with Gasteiger partial charge in [-0.3, -0.25) is 0 Å². The van der Waals surface area contributed by atoms with Crippen LogP contribution in [-0.2, 0) is 6.54 Å². The van der Waals surface area contributed by atoms with Gasteiger partial charge in [0.25, 0.3) is 0 Å². The van der Waals surface area contributed by atoms with Gasteiger partial charge in [-0.2, -0.15) is 0 Å². The van der Waals surface area contributed by atoms with Crippen LogP contribution < -0.4 is 5.32 Å². The van der Waals surface area contributed by atoms with Crippen LogP contribution in [-0.4, -0.2) is 6.54 Å². The molecule has 0 fully saturated rings. The Morgan fingerprint density at radius 3 is 1.95 bits per heavy atom. The molecule has 2 aromatic carbocycles. The highest BCUT2D eigenvalue weighted by atomic mass is 14.8. The van der Waals surface area contributed by atoms with E-state index in [9.17, 15) is 0 Å². The number of hydrogen-bond acceptors (Lipinski definition) is 1. The Bertz CT molecular complexity index is 627. The fourth-order valence-corrected chi connectivity index (χ4v) is 3.01. The Hall–Kier alpha value is -1.60. The van der Waals surface area contributed by atoms with Gasteiger partial charge < -0.3 is 5.32 Å². The Morgan fingerprint density at radius 1 is 0.810 bits per heavy atom. The predicted molar refractivity (Wildman–Crippen MR) is 92.9 cm³/mol. The van der Waals surface area contributed by atoms with Crippen molar-refractivity contribution in [3.05, 3.63) is 57.6 Å². The summed E-state index contributed by atoms with van der Waals surface area (Å²) in [5.41, 5.74) is 11.1. The molecule has 21 heavy (non-hydrogen) atoms. The molecule has 0 spiro atoms. The Morgan fingerprint density at radius 2 is 1.43 bits per heavy atom. The molecule has 0 aliphatic carbocycles. The summed E-state index contributed by atoms with van der Waals surface area (Å²) >= 11 is 0. The smallest absolute Gasteiger partial charge is 0.0205 e. The van der Waals surface area contributed by atoms with E-state index in [0.29, 0.717) is 0 Å². The summed E-state index contributed by atoms with van der Waals surface area (Å²) < 4.78 is 0. The van der Waals surface area contributed by atoms with E-state index in [-0.39, 0.29) is 0 Å². The molecular formula is C20H27N. The molecule has 1 heteroatoms. The number of benzene rings is 2. The zero-order valence-electron chi connectivity index (χ0n) is 14.2. The van der Waals surface area contributed by atoms with Crippen molar-refractivity contribution in [1.29, 1.82) is 0 Å². The van der Waals surface area contributed by atoms with Crippen molar-refractivity contribution in [2.24, 2.45) is 0 Å². The maximum Gasteiger partial charge on any atom is 0.0205 e. The first-order valence-corrected chi connectivity index (χ1v) is 7.83. The highest BCUT2D eigenvalue weighted by molar-refractivity contribution is 5.76. The molecule has 2 aromatic rings. The number of rotatable bonds is 4. The number of aryl methyl sites for hydroxylation is 3. The second-order valence-electron chi connectivity index (χ2n) is 6.06. The molecule has 0 saturated carbocycles. The summed E-state index contributed by atoms with van der Waals surface area (Å²) in [5.74, 6) is 0. The normalized spacial score (nSPS) is 11.0. The van der Waals surface area contributed by atoms with Gasteiger partial charge in [0.1, 0.15) is 0 Å². The molecular weight excluding hydrogens is 254 g/mol. The lowest BCUT2D eigenvalue weighted by atomic mass is 9.87. The average Bonchev–Trinajstić information content (AvgIpc) is 2.45. The van der Waals surface area contributed by atoms with Crippen molar-refractivity contribution < 1.29 is 0 Å². The first-order valence-electron chi connectivity index (χ1n) is 7.83. The molecule has 0 aliphatic rings. The van der Waals surface area contributed by atoms with E-state index in [2.05, 4.69) is 71.1 Å². The van der Waals surface area contributed by atoms with Crippen molar-refractivity contribution >= 4 is 0 Å². The maximum atomic E-state index is 3.39. The minimum atomic E-state index is 0.947. The second-order valence-corrected chi connectivity index (χ2v) is 6.06. The van der Waals surface area contributed by atoms with Crippen LogP contribution in [0.4, 0.5) is 0 Å². The van der Waals surface area contributed by atoms with Crippen LogP contribution >= 0.6 is 0 Å². The first kappa shape index (κ1) is 15.8. The van der Waals surface area contributed by atoms with E-state index in [1.165, 1.54) is 44.5 Å². The van der Waals surface area contributed by atoms with Crippen LogP contribution in [0, 0.1) is 34.6 Å². The Labute approximate surface area is 129 Å². The third-order valence-electron chi connectivity index (χ3n) is 4.51. The second kappa shape index (κ2) is 6.44. The summed E-state index contributed by atoms with van der Waals surface area (Å²) in [5, 5.41) is 3.39. The zero-order valence-corrected chi connectivity index (χ0v) is 14.2. The van der Waals surface area contributed by atoms with Gasteiger partial charge in [-0.05, 0) is 85.7 Å². The van der Waals surface area contributed by atoms with Gasteiger partial charge >= 0.3 is 0 Å². The molecule has 0 aliphatic heterocycles. The summed E-state index contributed by atoms with van der Waals surface area (Å²) in [6.45, 7) is 15.2. The van der Waals surface area contributed by atoms with E-state index in [4.69, 9.17) is 0 Å². The van der Waals surface area contributed by atoms with Gasteiger partial charge in [0.2, 0.25) is 0 Å². The summed E-state index contributed by atoms with van der Waals surface area (Å²) in [6, 6.07) is 9.15. The summed E-state index contributed by atoms with van der Waals surface area (Å²) in [7, 11) is 0. The van der Waals surface area contributed by atoms with Crippen LogP contribution in [0.5, 0.6) is 0 Å². The number of nitrogens with one attached hydrogen (secondary N) is 1. The van der Waals surface area contributed by atoms with Crippen LogP contribution in [0.1, 0.15) is 40.3 Å². The molecule has 0 radical (unpaired) electrons. The Kier molecular flexibility index (Phi) is 4.84. The lowest BCUT2D eigenvalue weighted by Gasteiger charge is -2.18. The van der Waals surface area contributed by atoms with Gasteiger partial charge in [-0.1, -0.05) is 31.2 Å². The molecule has 0 aromatic heterocycles. The first-order chi connectivity index (χ1) is 9.95. The maximum absolute atomic E-state index is 3.39. The van der Waals surface area contributed by atoms with Crippen LogP contribution in [0.2, 0.25) is 0 Å². The predicted octanol–water partition coefficient (Wildman–Crippen LogP) is 5.01. The monoisotopic (exact) mass is 281 g/mol. The van der Waals surface area contributed by atoms with Crippen LogP contribution in [0.15, 0.2) is 24.3 Å². The van der Waals surface area contributed by atoms with E-state index >= 15 is 0 Å². The highest BCUT2D eigenvalue weighted by Gasteiger charge is 2.12. The molecule has 2 rings (SSSR count). The molecule has 1 N–H and O–H groups in total. The molecule has 0 unspecified atom stereocenters. The van der Waals surface area contributed by atoms with E-state index < -0.39 is 0 Å². The van der Waals surface area contributed by atoms with E-state index in [1.807, 2.05) is 0 Å². The number of hydrogen-bond donors (Lipinski definition) is 1. The fourth-order valence-electron chi connectivity index (χ4n) is 3.01. The van der Waals surface area contributed by atoms with Crippen LogP contribution in [0.3, 0.4) is 0 Å². The van der Waals surface area contributed by atoms with Gasteiger partial charge in [0, 0.05) is 6.54 Å². The lowest BCUT2D eigenvalue weighted by Crippen LogP contribution is -2.11. The third kappa shape index (κ3) is 3.19. The third-order valence-corrected chi connectivity index (χ3v) is 4.51. The van der Waals surface area contributed by atoms with E-state index in [0.717, 1.165) is 13.1 Å². The van der Waals surface area contributed by atoms with Crippen molar-refractivity contribution in [2.75, 3.05) is 6.54 Å². The van der Waals surface area contributed by atoms with Crippen LogP contribution in [0.25, 0.3) is 11.1 Å². The van der Waals surface area contributed by atoms with Crippen molar-refractivity contribution in [1.82, 2.24) is 5.32 Å². The van der Waals surface area contributed by atoms with Crippen molar-refractivity contribution in [3.63, 3.8) is 0 Å². The Balaban J connectivity index is 2.53. The zero-order chi connectivity index (χ0) is 15.6. The van der Waals surface area contributed by atoms with E-state index in [1.54, 1.807) is 0 Å². The van der Waals surface area contributed by atoms with Gasteiger partial charge in [0.05, 0.1) is 0 Å². The quantitative estimate of drug-likeness (QED) is 0.831. The van der Waals surface area contributed by atoms with Gasteiger partial charge in [-0.25, -0.2) is 0 Å². The molecule has 0 saturated heterocycles. The summed E-state index contributed by atoms with van der Waals surface area (Å²) in [4.78, 5) is 0. The minimum absolute atomic E-state index is 0.947. The van der Waals surface area contributed by atoms with Crippen molar-refractivity contribution in [3.8, 4) is 11.1 Å². The standard InChI is InChI=1S/C20H27N/c1-7-21-12-18-8-9-19(15(4)11-18)20-16(5)13(2)10-14(3)17(20)6/h8-11,21H,7,12H2,1-6H3. The molecule has 0 bridgehead atoms. The average molecular weight is 281 g/mol. The highest BCUT2D eigenvalue weighted by Crippen LogP contribution is 2.33. The molecule has 1 nitrogen and oxygen atoms in total. The topological polar surface area (TPSA) is 12.0 Å². The van der Waals surface area contributed by atoms with Crippen molar-refractivity contribution in [2.45, 2.75) is 48.1 Å². The molecule has 0 amide bonds. The van der Waals surface area contributed by atoms with Gasteiger partial charge in [-0.15, -0.1) is 0 Å². The molecule has 0 heterocycles.